The Bertz CT molecular complexity index is 1210. The second-order valence-electron chi connectivity index (χ2n) is 9.65. The molecule has 1 saturated heterocycles. The van der Waals surface area contributed by atoms with Crippen molar-refractivity contribution < 1.29 is 27.9 Å². The van der Waals surface area contributed by atoms with Crippen molar-refractivity contribution >= 4 is 45.1 Å². The van der Waals surface area contributed by atoms with Gasteiger partial charge in [-0.1, -0.05) is 35.3 Å². The zero-order valence-electron chi connectivity index (χ0n) is 20.1. The number of amides is 1. The molecule has 1 aliphatic heterocycles. The Kier molecular flexibility index (Phi) is 8.57. The number of hydrogen-bond acceptors (Lipinski definition) is 6. The normalized spacial score (nSPS) is 19.6. The first-order valence-corrected chi connectivity index (χ1v) is 13.4. The maximum Gasteiger partial charge on any atom is 0.326 e. The third-order valence-electron chi connectivity index (χ3n) is 5.44. The highest BCUT2D eigenvalue weighted by Crippen LogP contribution is 2.30. The van der Waals surface area contributed by atoms with Crippen molar-refractivity contribution in [3.05, 3.63) is 58.1 Å². The van der Waals surface area contributed by atoms with Crippen LogP contribution in [0.4, 0.5) is 0 Å². The first kappa shape index (κ1) is 28.2. The molecule has 0 bridgehead atoms. The van der Waals surface area contributed by atoms with E-state index in [0.717, 1.165) is 4.31 Å². The van der Waals surface area contributed by atoms with Gasteiger partial charge in [0.1, 0.15) is 23.4 Å². The Morgan fingerprint density at radius 2 is 1.75 bits per heavy atom. The molecule has 9 nitrogen and oxygen atoms in total. The summed E-state index contributed by atoms with van der Waals surface area (Å²) < 4.78 is 33.3. The largest absolute Gasteiger partial charge is 0.488 e. The predicted molar refractivity (Wildman–Crippen MR) is 137 cm³/mol. The second kappa shape index (κ2) is 10.9. The lowest BCUT2D eigenvalue weighted by Gasteiger charge is -2.25. The molecular formula is C24H29Cl2N3O6S. The minimum absolute atomic E-state index is 0.00764. The number of carbonyl (C=O) groups is 2. The van der Waals surface area contributed by atoms with Crippen molar-refractivity contribution in [3.8, 4) is 5.75 Å². The van der Waals surface area contributed by atoms with Crippen molar-refractivity contribution in [1.29, 1.82) is 0 Å². The Morgan fingerprint density at radius 1 is 1.17 bits per heavy atom. The summed E-state index contributed by atoms with van der Waals surface area (Å²) in [5.74, 6) is -1.37. The van der Waals surface area contributed by atoms with Crippen molar-refractivity contribution in [1.82, 2.24) is 9.62 Å². The molecule has 1 amide bonds. The van der Waals surface area contributed by atoms with Crippen LogP contribution in [0.3, 0.4) is 0 Å². The van der Waals surface area contributed by atoms with Gasteiger partial charge in [-0.25, -0.2) is 13.2 Å². The van der Waals surface area contributed by atoms with E-state index in [-0.39, 0.29) is 39.9 Å². The summed E-state index contributed by atoms with van der Waals surface area (Å²) in [4.78, 5) is 24.9. The maximum absolute atomic E-state index is 13.3. The molecule has 1 aliphatic rings. The van der Waals surface area contributed by atoms with E-state index in [4.69, 9.17) is 33.7 Å². The molecule has 0 radical (unpaired) electrons. The molecule has 4 N–H and O–H groups in total. The van der Waals surface area contributed by atoms with E-state index in [1.54, 1.807) is 24.3 Å². The van der Waals surface area contributed by atoms with Gasteiger partial charge >= 0.3 is 5.97 Å². The number of halogens is 2. The van der Waals surface area contributed by atoms with Gasteiger partial charge < -0.3 is 20.9 Å². The summed E-state index contributed by atoms with van der Waals surface area (Å²) in [5.41, 5.74) is 6.27. The van der Waals surface area contributed by atoms with Crippen LogP contribution >= 0.6 is 23.2 Å². The Balaban J connectivity index is 1.77. The molecular weight excluding hydrogens is 529 g/mol. The van der Waals surface area contributed by atoms with Crippen LogP contribution in [-0.4, -0.2) is 60.0 Å². The number of ether oxygens (including phenoxy) is 1. The monoisotopic (exact) mass is 557 g/mol. The van der Waals surface area contributed by atoms with Crippen LogP contribution in [0.15, 0.2) is 47.4 Å². The van der Waals surface area contributed by atoms with E-state index in [2.05, 4.69) is 5.32 Å². The second-order valence-corrected chi connectivity index (χ2v) is 12.4. The zero-order valence-corrected chi connectivity index (χ0v) is 22.4. The third kappa shape index (κ3) is 7.10. The fourth-order valence-corrected chi connectivity index (χ4v) is 6.29. The lowest BCUT2D eigenvalue weighted by atomic mass is 10.0. The van der Waals surface area contributed by atoms with Crippen LogP contribution in [0.5, 0.6) is 5.75 Å². The maximum atomic E-state index is 13.3. The minimum Gasteiger partial charge on any atom is -0.488 e. The van der Waals surface area contributed by atoms with Crippen LogP contribution in [-0.2, 0) is 26.0 Å². The molecule has 0 aromatic heterocycles. The lowest BCUT2D eigenvalue weighted by molar-refractivity contribution is -0.142. The molecule has 196 valence electrons. The van der Waals surface area contributed by atoms with Crippen LogP contribution < -0.4 is 15.8 Å². The quantitative estimate of drug-likeness (QED) is 0.453. The van der Waals surface area contributed by atoms with Gasteiger partial charge in [0.25, 0.3) is 0 Å². The number of sulfonamides is 1. The van der Waals surface area contributed by atoms with Gasteiger partial charge in [-0.05, 0) is 63.1 Å². The number of nitrogens with two attached hydrogens (primary N) is 1. The average molecular weight is 558 g/mol. The summed E-state index contributed by atoms with van der Waals surface area (Å²) in [6, 6.07) is 7.65. The smallest absolute Gasteiger partial charge is 0.326 e. The fraction of sp³-hybridized carbons (Fsp3) is 0.417. The van der Waals surface area contributed by atoms with Crippen molar-refractivity contribution in [3.63, 3.8) is 0 Å². The van der Waals surface area contributed by atoms with Crippen LogP contribution in [0.1, 0.15) is 32.8 Å². The van der Waals surface area contributed by atoms with Gasteiger partial charge in [-0.2, -0.15) is 4.31 Å². The highest BCUT2D eigenvalue weighted by atomic mass is 35.5. The first-order chi connectivity index (χ1) is 16.7. The van der Waals surface area contributed by atoms with E-state index in [1.807, 2.05) is 20.8 Å². The molecule has 0 unspecified atom stereocenters. The number of aliphatic carboxylic acids is 1. The molecule has 12 heteroatoms. The molecule has 36 heavy (non-hydrogen) atoms. The van der Waals surface area contributed by atoms with E-state index in [9.17, 15) is 23.1 Å². The molecule has 3 atom stereocenters. The predicted octanol–water partition coefficient (Wildman–Crippen LogP) is 3.07. The molecule has 2 aromatic carbocycles. The molecule has 0 spiro atoms. The lowest BCUT2D eigenvalue weighted by Crippen LogP contribution is -2.51. The van der Waals surface area contributed by atoms with Gasteiger partial charge in [0.15, 0.2) is 0 Å². The molecule has 3 rings (SSSR count). The average Bonchev–Trinajstić information content (AvgIpc) is 3.15. The Hall–Kier alpha value is -2.37. The Morgan fingerprint density at radius 3 is 2.28 bits per heavy atom. The van der Waals surface area contributed by atoms with E-state index >= 15 is 0 Å². The molecule has 0 saturated carbocycles. The fourth-order valence-electron chi connectivity index (χ4n) is 3.90. The topological polar surface area (TPSA) is 139 Å². The summed E-state index contributed by atoms with van der Waals surface area (Å²) in [7, 11) is -4.18. The SMILES string of the molecule is CC(C)(C)Oc1ccc(C[C@H](NC(=O)[C@@H]2C[C@@H](N)CN2S(=O)(=O)c2cc(Cl)cc(Cl)c2)C(=O)O)cc1. The van der Waals surface area contributed by atoms with Gasteiger partial charge in [0.05, 0.1) is 4.90 Å². The van der Waals surface area contributed by atoms with Crippen molar-refractivity contribution in [2.24, 2.45) is 5.73 Å². The number of benzene rings is 2. The van der Waals surface area contributed by atoms with Gasteiger partial charge in [0, 0.05) is 29.1 Å². The highest BCUT2D eigenvalue weighted by Gasteiger charge is 2.43. The number of carboxylic acid groups (broad SMARTS) is 1. The number of nitrogens with one attached hydrogen (secondary N) is 1. The number of rotatable bonds is 8. The highest BCUT2D eigenvalue weighted by molar-refractivity contribution is 7.89. The van der Waals surface area contributed by atoms with E-state index in [1.165, 1.54) is 18.2 Å². The van der Waals surface area contributed by atoms with Crippen molar-refractivity contribution in [2.45, 2.75) is 62.2 Å². The Labute approximate surface area is 220 Å². The summed E-state index contributed by atoms with van der Waals surface area (Å²) >= 11 is 11.9. The number of carbonyl (C=O) groups excluding carboxylic acids is 1. The number of hydrogen-bond donors (Lipinski definition) is 3. The summed E-state index contributed by atoms with van der Waals surface area (Å²) in [6.45, 7) is 5.63. The van der Waals surface area contributed by atoms with Gasteiger partial charge in [-0.3, -0.25) is 4.79 Å². The molecule has 0 aliphatic carbocycles. The van der Waals surface area contributed by atoms with Gasteiger partial charge in [0.2, 0.25) is 15.9 Å². The van der Waals surface area contributed by atoms with Crippen LogP contribution in [0, 0.1) is 0 Å². The first-order valence-electron chi connectivity index (χ1n) is 11.2. The number of nitrogens with zero attached hydrogens (tertiary/aromatic N) is 1. The standard InChI is InChI=1S/C24H29Cl2N3O6S/c1-24(2,3)35-18-6-4-14(5-7-18)8-20(23(31)32)28-22(30)21-12-17(27)13-29(21)36(33,34)19-10-15(25)9-16(26)11-19/h4-7,9-11,17,20-21H,8,12-13,27H2,1-3H3,(H,28,30)(H,31,32)/t17-,20+,21+/m1/s1. The van der Waals surface area contributed by atoms with E-state index in [0.29, 0.717) is 11.3 Å². The van der Waals surface area contributed by atoms with Crippen LogP contribution in [0.25, 0.3) is 0 Å². The minimum atomic E-state index is -4.18. The molecule has 2 aromatic rings. The third-order valence-corrected chi connectivity index (χ3v) is 7.72. The van der Waals surface area contributed by atoms with Crippen molar-refractivity contribution in [2.75, 3.05) is 6.54 Å². The summed E-state index contributed by atoms with van der Waals surface area (Å²) in [6.07, 6.45) is 0.0246. The number of carboxylic acids is 1. The van der Waals surface area contributed by atoms with E-state index < -0.39 is 40.0 Å². The van der Waals surface area contributed by atoms with Crippen LogP contribution in [0.2, 0.25) is 10.0 Å². The summed E-state index contributed by atoms with van der Waals surface area (Å²) in [5, 5.41) is 12.4. The zero-order chi connectivity index (χ0) is 26.8. The van der Waals surface area contributed by atoms with Gasteiger partial charge in [-0.15, -0.1) is 0 Å². The molecule has 1 heterocycles. The molecule has 1 fully saturated rings.